The molecule has 1 saturated heterocycles. The summed E-state index contributed by atoms with van der Waals surface area (Å²) in [6.45, 7) is 7.88. The van der Waals surface area contributed by atoms with Crippen molar-refractivity contribution < 1.29 is 13.9 Å². The first kappa shape index (κ1) is 15.6. The first-order valence-corrected chi connectivity index (χ1v) is 7.98. The number of ether oxygens (including phenoxy) is 1. The number of carbonyl (C=O) groups excluding carboxylic acids is 1. The van der Waals surface area contributed by atoms with E-state index in [9.17, 15) is 4.79 Å². The number of fused-ring (bicyclic) bond motifs is 1. The highest BCUT2D eigenvalue weighted by atomic mass is 16.6. The minimum Gasteiger partial charge on any atom is -0.444 e. The van der Waals surface area contributed by atoms with Crippen LogP contribution in [-0.2, 0) is 4.74 Å². The number of anilines is 1. The third-order valence-electron chi connectivity index (χ3n) is 3.77. The first-order valence-electron chi connectivity index (χ1n) is 7.98. The van der Waals surface area contributed by atoms with Gasteiger partial charge in [-0.1, -0.05) is 12.1 Å². The summed E-state index contributed by atoms with van der Waals surface area (Å²) < 4.78 is 11.0. The van der Waals surface area contributed by atoms with E-state index in [1.807, 2.05) is 45.0 Å². The number of oxazole rings is 1. The number of nitrogens with one attached hydrogen (secondary N) is 1. The Balaban J connectivity index is 1.53. The van der Waals surface area contributed by atoms with Crippen LogP contribution in [0.3, 0.4) is 0 Å². The second-order valence-electron chi connectivity index (χ2n) is 6.95. The number of nitrogens with zero attached hydrogens (tertiary/aromatic N) is 2. The van der Waals surface area contributed by atoms with Gasteiger partial charge in [-0.3, -0.25) is 0 Å². The Bertz CT molecular complexity index is 657. The second kappa shape index (κ2) is 6.10. The van der Waals surface area contributed by atoms with Gasteiger partial charge in [0.1, 0.15) is 11.1 Å². The molecule has 0 saturated carbocycles. The highest BCUT2D eigenvalue weighted by molar-refractivity contribution is 5.74. The number of carbonyl (C=O) groups is 1. The number of alkyl carbamates (subject to hydrolysis) is 1. The van der Waals surface area contributed by atoms with Crippen molar-refractivity contribution in [2.75, 3.05) is 24.5 Å². The lowest BCUT2D eigenvalue weighted by Gasteiger charge is -2.20. The largest absolute Gasteiger partial charge is 0.444 e. The molecule has 3 rings (SSSR count). The molecule has 1 aliphatic rings. The van der Waals surface area contributed by atoms with E-state index in [2.05, 4.69) is 15.2 Å². The highest BCUT2D eigenvalue weighted by Crippen LogP contribution is 2.26. The summed E-state index contributed by atoms with van der Waals surface area (Å²) in [5.74, 6) is 0.373. The Labute approximate surface area is 135 Å². The van der Waals surface area contributed by atoms with Crippen molar-refractivity contribution >= 4 is 23.2 Å². The molecule has 1 aromatic carbocycles. The molecule has 23 heavy (non-hydrogen) atoms. The van der Waals surface area contributed by atoms with Crippen LogP contribution < -0.4 is 10.2 Å². The van der Waals surface area contributed by atoms with Gasteiger partial charge in [-0.2, -0.15) is 4.98 Å². The normalized spacial score (nSPS) is 18.4. The van der Waals surface area contributed by atoms with Gasteiger partial charge in [0.15, 0.2) is 5.58 Å². The van der Waals surface area contributed by atoms with Gasteiger partial charge < -0.3 is 19.4 Å². The minimum absolute atomic E-state index is 0.363. The van der Waals surface area contributed by atoms with Crippen molar-refractivity contribution in [3.05, 3.63) is 24.3 Å². The van der Waals surface area contributed by atoms with E-state index >= 15 is 0 Å². The van der Waals surface area contributed by atoms with Crippen LogP contribution in [0.1, 0.15) is 27.2 Å². The number of amides is 1. The Morgan fingerprint density at radius 2 is 2.22 bits per heavy atom. The summed E-state index contributed by atoms with van der Waals surface area (Å²) in [6.07, 6.45) is 0.631. The van der Waals surface area contributed by atoms with E-state index in [0.29, 0.717) is 18.5 Å². The lowest BCUT2D eigenvalue weighted by atomic mass is 10.1. The summed E-state index contributed by atoms with van der Waals surface area (Å²) >= 11 is 0. The topological polar surface area (TPSA) is 67.6 Å². The average Bonchev–Trinajstić information content (AvgIpc) is 3.09. The summed E-state index contributed by atoms with van der Waals surface area (Å²) in [6, 6.07) is 8.41. The van der Waals surface area contributed by atoms with Gasteiger partial charge in [-0.25, -0.2) is 4.79 Å². The van der Waals surface area contributed by atoms with E-state index < -0.39 is 5.60 Å². The van der Waals surface area contributed by atoms with Crippen molar-refractivity contribution in [2.45, 2.75) is 32.8 Å². The van der Waals surface area contributed by atoms with E-state index in [1.165, 1.54) is 0 Å². The molecule has 0 aliphatic carbocycles. The lowest BCUT2D eigenvalue weighted by Crippen LogP contribution is -2.36. The molecular weight excluding hydrogens is 294 g/mol. The van der Waals surface area contributed by atoms with Crippen LogP contribution in [0.4, 0.5) is 10.8 Å². The zero-order valence-corrected chi connectivity index (χ0v) is 13.8. The lowest BCUT2D eigenvalue weighted by molar-refractivity contribution is 0.0520. The van der Waals surface area contributed by atoms with Crippen LogP contribution in [0.2, 0.25) is 0 Å². The molecule has 0 bridgehead atoms. The number of para-hydroxylation sites is 2. The van der Waals surface area contributed by atoms with Crippen LogP contribution in [0.5, 0.6) is 0 Å². The Morgan fingerprint density at radius 3 is 2.96 bits per heavy atom. The van der Waals surface area contributed by atoms with E-state index in [4.69, 9.17) is 9.15 Å². The maximum atomic E-state index is 11.7. The molecule has 1 aromatic heterocycles. The molecular formula is C17H23N3O3. The molecule has 0 spiro atoms. The zero-order chi connectivity index (χ0) is 16.4. The number of hydrogen-bond acceptors (Lipinski definition) is 5. The zero-order valence-electron chi connectivity index (χ0n) is 13.8. The predicted molar refractivity (Wildman–Crippen MR) is 88.6 cm³/mol. The molecule has 2 heterocycles. The van der Waals surface area contributed by atoms with Gasteiger partial charge in [0.25, 0.3) is 6.01 Å². The first-order chi connectivity index (χ1) is 10.9. The van der Waals surface area contributed by atoms with E-state index in [-0.39, 0.29) is 6.09 Å². The molecule has 0 unspecified atom stereocenters. The minimum atomic E-state index is -0.468. The fourth-order valence-electron chi connectivity index (χ4n) is 2.71. The van der Waals surface area contributed by atoms with Gasteiger partial charge in [0.2, 0.25) is 0 Å². The van der Waals surface area contributed by atoms with Crippen LogP contribution in [0, 0.1) is 5.92 Å². The average molecular weight is 317 g/mol. The van der Waals surface area contributed by atoms with Crippen molar-refractivity contribution in [1.82, 2.24) is 10.3 Å². The molecule has 1 atom stereocenters. The predicted octanol–water partition coefficient (Wildman–Crippen LogP) is 3.18. The van der Waals surface area contributed by atoms with Crippen molar-refractivity contribution in [3.63, 3.8) is 0 Å². The van der Waals surface area contributed by atoms with Gasteiger partial charge in [-0.05, 0) is 45.2 Å². The van der Waals surface area contributed by atoms with Crippen LogP contribution in [0.15, 0.2) is 28.7 Å². The molecule has 1 N–H and O–H groups in total. The Hall–Kier alpha value is -2.24. The maximum absolute atomic E-state index is 11.7. The van der Waals surface area contributed by atoms with Gasteiger partial charge in [-0.15, -0.1) is 0 Å². The van der Waals surface area contributed by atoms with E-state index in [1.54, 1.807) is 0 Å². The standard InChI is InChI=1S/C17H23N3O3/c1-17(2,3)23-16(21)18-10-12-8-9-20(11-12)15-19-13-6-4-5-7-14(13)22-15/h4-7,12H,8-11H2,1-3H3,(H,18,21)/t12-/m1/s1. The van der Waals surface area contributed by atoms with Crippen LogP contribution in [-0.4, -0.2) is 36.3 Å². The quantitative estimate of drug-likeness (QED) is 0.941. The summed E-state index contributed by atoms with van der Waals surface area (Å²) in [5.41, 5.74) is 1.21. The molecule has 1 aliphatic heterocycles. The molecule has 124 valence electrons. The van der Waals surface area contributed by atoms with Crippen LogP contribution >= 0.6 is 0 Å². The second-order valence-corrected chi connectivity index (χ2v) is 6.95. The Morgan fingerprint density at radius 1 is 1.43 bits per heavy atom. The van der Waals surface area contributed by atoms with Gasteiger partial charge in [0, 0.05) is 19.6 Å². The molecule has 1 amide bonds. The van der Waals surface area contributed by atoms with Gasteiger partial charge in [0.05, 0.1) is 0 Å². The van der Waals surface area contributed by atoms with E-state index in [0.717, 1.165) is 30.6 Å². The monoisotopic (exact) mass is 317 g/mol. The molecule has 2 aromatic rings. The van der Waals surface area contributed by atoms with Crippen molar-refractivity contribution in [3.8, 4) is 0 Å². The molecule has 6 nitrogen and oxygen atoms in total. The molecule has 0 radical (unpaired) electrons. The third kappa shape index (κ3) is 3.94. The number of rotatable bonds is 3. The third-order valence-corrected chi connectivity index (χ3v) is 3.77. The maximum Gasteiger partial charge on any atom is 0.407 e. The SMILES string of the molecule is CC(C)(C)OC(=O)NC[C@H]1CCN(c2nc3ccccc3o2)C1. The van der Waals surface area contributed by atoms with Crippen LogP contribution in [0.25, 0.3) is 11.1 Å². The fourth-order valence-corrected chi connectivity index (χ4v) is 2.71. The van der Waals surface area contributed by atoms with Crippen molar-refractivity contribution in [2.24, 2.45) is 5.92 Å². The number of benzene rings is 1. The van der Waals surface area contributed by atoms with Gasteiger partial charge >= 0.3 is 6.09 Å². The highest BCUT2D eigenvalue weighted by Gasteiger charge is 2.27. The summed E-state index contributed by atoms with van der Waals surface area (Å²) in [4.78, 5) is 18.4. The summed E-state index contributed by atoms with van der Waals surface area (Å²) in [7, 11) is 0. The molecule has 6 heteroatoms. The summed E-state index contributed by atoms with van der Waals surface area (Å²) in [5, 5.41) is 2.84. The fraction of sp³-hybridized carbons (Fsp3) is 0.529. The number of hydrogen-bond donors (Lipinski definition) is 1. The smallest absolute Gasteiger partial charge is 0.407 e. The molecule has 1 fully saturated rings. The Kier molecular flexibility index (Phi) is 4.15. The van der Waals surface area contributed by atoms with Crippen molar-refractivity contribution in [1.29, 1.82) is 0 Å². The number of aromatic nitrogens is 1.